The number of methoxy groups -OCH3 is 1. The third-order valence-corrected chi connectivity index (χ3v) is 7.42. The third kappa shape index (κ3) is 1.07. The lowest BCUT2D eigenvalue weighted by Crippen LogP contribution is -2.30. The summed E-state index contributed by atoms with van der Waals surface area (Å²) in [5, 5.41) is 0. The standard InChI is InChI=1S/C18H24O/c1-16-12-15(13-6-8-14(19-3)9-7-13)17(16,2)18(16)10-4-5-11-18/h6-9,15H,4-5,10-12H2,1-3H3/t15-,16+,17-/m0/s1. The Kier molecular flexibility index (Phi) is 2.09. The SMILES string of the molecule is COc1ccc([C@@H]2C[C@@]3(C)C4(CCCC4)[C@@]23C)cc1. The maximum Gasteiger partial charge on any atom is 0.118 e. The summed E-state index contributed by atoms with van der Waals surface area (Å²) in [7, 11) is 1.74. The lowest BCUT2D eigenvalue weighted by molar-refractivity contribution is 0.169. The van der Waals surface area contributed by atoms with E-state index in [1.165, 1.54) is 37.7 Å². The van der Waals surface area contributed by atoms with E-state index in [0.29, 0.717) is 16.2 Å². The van der Waals surface area contributed by atoms with Gasteiger partial charge in [-0.05, 0) is 59.1 Å². The zero-order valence-corrected chi connectivity index (χ0v) is 12.3. The highest BCUT2D eigenvalue weighted by Crippen LogP contribution is 2.96. The van der Waals surface area contributed by atoms with Crippen LogP contribution in [0, 0.1) is 16.2 Å². The van der Waals surface area contributed by atoms with Crippen molar-refractivity contribution >= 4 is 0 Å². The summed E-state index contributed by atoms with van der Waals surface area (Å²) in [6.07, 6.45) is 7.27. The van der Waals surface area contributed by atoms with Crippen molar-refractivity contribution in [2.45, 2.75) is 51.9 Å². The molecule has 1 aromatic carbocycles. The highest BCUT2D eigenvalue weighted by atomic mass is 16.5. The van der Waals surface area contributed by atoms with Gasteiger partial charge in [-0.2, -0.15) is 0 Å². The molecule has 3 aliphatic carbocycles. The molecule has 4 rings (SSSR count). The van der Waals surface area contributed by atoms with Crippen LogP contribution in [0.25, 0.3) is 0 Å². The molecule has 3 saturated carbocycles. The molecule has 3 fully saturated rings. The molecule has 0 radical (unpaired) electrons. The normalized spacial score (nSPS) is 41.7. The van der Waals surface area contributed by atoms with Crippen LogP contribution >= 0.6 is 0 Å². The van der Waals surface area contributed by atoms with Gasteiger partial charge in [0.2, 0.25) is 0 Å². The Hall–Kier alpha value is -0.980. The number of benzene rings is 1. The first-order valence-corrected chi connectivity index (χ1v) is 7.73. The molecular weight excluding hydrogens is 232 g/mol. The maximum atomic E-state index is 5.28. The molecule has 0 amide bonds. The molecule has 0 unspecified atom stereocenters. The Morgan fingerprint density at radius 3 is 2.26 bits per heavy atom. The van der Waals surface area contributed by atoms with Crippen LogP contribution in [0.1, 0.15) is 57.4 Å². The van der Waals surface area contributed by atoms with Crippen LogP contribution in [0.5, 0.6) is 5.75 Å². The summed E-state index contributed by atoms with van der Waals surface area (Å²) in [6, 6.07) is 8.82. The van der Waals surface area contributed by atoms with E-state index in [-0.39, 0.29) is 0 Å². The van der Waals surface area contributed by atoms with Gasteiger partial charge in [0.15, 0.2) is 0 Å². The zero-order chi connectivity index (χ0) is 13.3. The number of hydrogen-bond donors (Lipinski definition) is 0. The average Bonchev–Trinajstić information content (AvgIpc) is 2.87. The molecule has 0 heterocycles. The molecule has 1 spiro atoms. The highest BCUT2D eigenvalue weighted by molar-refractivity contribution is 5.45. The monoisotopic (exact) mass is 256 g/mol. The second kappa shape index (κ2) is 3.37. The molecule has 3 atom stereocenters. The summed E-state index contributed by atoms with van der Waals surface area (Å²) in [5.74, 6) is 1.75. The Labute approximate surface area is 116 Å². The van der Waals surface area contributed by atoms with E-state index < -0.39 is 0 Å². The smallest absolute Gasteiger partial charge is 0.118 e. The third-order valence-electron chi connectivity index (χ3n) is 7.42. The van der Waals surface area contributed by atoms with Crippen molar-refractivity contribution in [1.29, 1.82) is 0 Å². The minimum absolute atomic E-state index is 0.574. The molecule has 0 saturated heterocycles. The van der Waals surface area contributed by atoms with Crippen LogP contribution in [0.2, 0.25) is 0 Å². The van der Waals surface area contributed by atoms with Gasteiger partial charge in [-0.3, -0.25) is 0 Å². The quantitative estimate of drug-likeness (QED) is 0.740. The van der Waals surface area contributed by atoms with Gasteiger partial charge < -0.3 is 4.74 Å². The first-order valence-electron chi connectivity index (χ1n) is 7.73. The minimum atomic E-state index is 0.574. The van der Waals surface area contributed by atoms with Crippen LogP contribution in [-0.2, 0) is 0 Å². The molecule has 1 aromatic rings. The van der Waals surface area contributed by atoms with Crippen molar-refractivity contribution in [3.63, 3.8) is 0 Å². The van der Waals surface area contributed by atoms with E-state index in [9.17, 15) is 0 Å². The van der Waals surface area contributed by atoms with Crippen LogP contribution in [0.3, 0.4) is 0 Å². The van der Waals surface area contributed by atoms with Gasteiger partial charge in [-0.1, -0.05) is 38.8 Å². The van der Waals surface area contributed by atoms with Crippen molar-refractivity contribution < 1.29 is 4.74 Å². The minimum Gasteiger partial charge on any atom is -0.497 e. The highest BCUT2D eigenvalue weighted by Gasteiger charge is 2.89. The van der Waals surface area contributed by atoms with Gasteiger partial charge in [0.05, 0.1) is 7.11 Å². The van der Waals surface area contributed by atoms with Crippen molar-refractivity contribution in [3.8, 4) is 5.75 Å². The fourth-order valence-electron chi connectivity index (χ4n) is 6.15. The van der Waals surface area contributed by atoms with Crippen molar-refractivity contribution in [2.24, 2.45) is 16.2 Å². The molecule has 0 N–H and O–H groups in total. The van der Waals surface area contributed by atoms with E-state index in [0.717, 1.165) is 11.7 Å². The molecular formula is C18H24O. The maximum absolute atomic E-state index is 5.28. The molecule has 1 heteroatoms. The largest absolute Gasteiger partial charge is 0.497 e. The lowest BCUT2D eigenvalue weighted by Gasteiger charge is -2.40. The van der Waals surface area contributed by atoms with Crippen LogP contribution in [0.4, 0.5) is 0 Å². The first kappa shape index (κ1) is 11.8. The van der Waals surface area contributed by atoms with E-state index in [4.69, 9.17) is 4.74 Å². The van der Waals surface area contributed by atoms with Gasteiger partial charge in [-0.15, -0.1) is 0 Å². The summed E-state index contributed by atoms with van der Waals surface area (Å²) in [4.78, 5) is 0. The molecule has 102 valence electrons. The zero-order valence-electron chi connectivity index (χ0n) is 12.3. The summed E-state index contributed by atoms with van der Waals surface area (Å²) < 4.78 is 5.28. The van der Waals surface area contributed by atoms with Crippen molar-refractivity contribution in [3.05, 3.63) is 29.8 Å². The second-order valence-corrected chi connectivity index (χ2v) is 7.35. The number of hydrogen-bond acceptors (Lipinski definition) is 1. The summed E-state index contributed by atoms with van der Waals surface area (Å²) >= 11 is 0. The Morgan fingerprint density at radius 1 is 1.05 bits per heavy atom. The predicted octanol–water partition coefficient (Wildman–Crippen LogP) is 4.77. The average molecular weight is 256 g/mol. The first-order chi connectivity index (χ1) is 9.09. The van der Waals surface area contributed by atoms with Crippen molar-refractivity contribution in [1.82, 2.24) is 0 Å². The Balaban J connectivity index is 1.65. The number of rotatable bonds is 2. The van der Waals surface area contributed by atoms with Crippen LogP contribution in [-0.4, -0.2) is 7.11 Å². The van der Waals surface area contributed by atoms with Crippen LogP contribution in [0.15, 0.2) is 24.3 Å². The van der Waals surface area contributed by atoms with E-state index >= 15 is 0 Å². The van der Waals surface area contributed by atoms with Gasteiger partial charge >= 0.3 is 0 Å². The molecule has 0 bridgehead atoms. The predicted molar refractivity (Wildman–Crippen MR) is 77.5 cm³/mol. The van der Waals surface area contributed by atoms with E-state index in [1.54, 1.807) is 7.11 Å². The Morgan fingerprint density at radius 2 is 1.68 bits per heavy atom. The molecule has 19 heavy (non-hydrogen) atoms. The fraction of sp³-hybridized carbons (Fsp3) is 0.667. The van der Waals surface area contributed by atoms with Crippen LogP contribution < -0.4 is 4.74 Å². The van der Waals surface area contributed by atoms with Crippen molar-refractivity contribution in [2.75, 3.05) is 7.11 Å². The second-order valence-electron chi connectivity index (χ2n) is 7.35. The van der Waals surface area contributed by atoms with E-state index in [2.05, 4.69) is 38.1 Å². The van der Waals surface area contributed by atoms with Gasteiger partial charge in [0.1, 0.15) is 5.75 Å². The molecule has 0 aliphatic heterocycles. The molecule has 0 aromatic heterocycles. The lowest BCUT2D eigenvalue weighted by atomic mass is 9.64. The Bertz CT molecular complexity index is 511. The summed E-state index contributed by atoms with van der Waals surface area (Å²) in [6.45, 7) is 5.12. The summed E-state index contributed by atoms with van der Waals surface area (Å²) in [5.41, 5.74) is 3.43. The topological polar surface area (TPSA) is 9.23 Å². The van der Waals surface area contributed by atoms with E-state index in [1.807, 2.05) is 0 Å². The molecule has 1 nitrogen and oxygen atoms in total. The van der Waals surface area contributed by atoms with Gasteiger partial charge in [-0.25, -0.2) is 0 Å². The molecule has 3 aliphatic rings. The fourth-order valence-corrected chi connectivity index (χ4v) is 6.15. The van der Waals surface area contributed by atoms with Gasteiger partial charge in [0.25, 0.3) is 0 Å². The number of fused-ring (bicyclic) bond motifs is 3. The number of ether oxygens (including phenoxy) is 1. The van der Waals surface area contributed by atoms with Gasteiger partial charge in [0, 0.05) is 0 Å².